The fourth-order valence-corrected chi connectivity index (χ4v) is 0.881. The van der Waals surface area contributed by atoms with Crippen LogP contribution in [0.25, 0.3) is 0 Å². The first-order valence-electron chi connectivity index (χ1n) is 4.18. The molecule has 1 unspecified atom stereocenters. The van der Waals surface area contributed by atoms with E-state index in [0.29, 0.717) is 6.54 Å². The monoisotopic (exact) mass is 213 g/mol. The van der Waals surface area contributed by atoms with Gasteiger partial charge in [-0.1, -0.05) is 12.1 Å². The number of nitrogens with zero attached hydrogens (tertiary/aromatic N) is 1. The Morgan fingerprint density at radius 2 is 2.14 bits per heavy atom. The second-order valence-electron chi connectivity index (χ2n) is 2.82. The van der Waals surface area contributed by atoms with Gasteiger partial charge in [-0.2, -0.15) is 13.2 Å². The molecule has 0 saturated heterocycles. The molecule has 0 aliphatic heterocycles. The van der Waals surface area contributed by atoms with Gasteiger partial charge in [0.2, 0.25) is 0 Å². The van der Waals surface area contributed by atoms with Crippen LogP contribution in [0.4, 0.5) is 13.2 Å². The van der Waals surface area contributed by atoms with Crippen molar-refractivity contribution in [1.82, 2.24) is 5.32 Å². The maximum Gasteiger partial charge on any atom is 0.400 e. The molecule has 0 amide bonds. The number of hydrogen-bond acceptors (Lipinski definition) is 3. The largest absolute Gasteiger partial charge is 0.409 e. The summed E-state index contributed by atoms with van der Waals surface area (Å²) in [4.78, 5) is 0. The highest BCUT2D eigenvalue weighted by Crippen LogP contribution is 2.25. The molecule has 14 heavy (non-hydrogen) atoms. The van der Waals surface area contributed by atoms with Crippen molar-refractivity contribution in [2.45, 2.75) is 19.5 Å². The molecule has 0 fully saturated rings. The van der Waals surface area contributed by atoms with Crippen LogP contribution in [0.15, 0.2) is 5.16 Å². The molecule has 4 N–H and O–H groups in total. The van der Waals surface area contributed by atoms with Crippen LogP contribution >= 0.6 is 0 Å². The molecule has 0 aromatic rings. The maximum atomic E-state index is 12.3. The van der Waals surface area contributed by atoms with Crippen molar-refractivity contribution in [3.05, 3.63) is 0 Å². The van der Waals surface area contributed by atoms with Crippen LogP contribution in [-0.4, -0.2) is 30.3 Å². The maximum absolute atomic E-state index is 12.3. The van der Waals surface area contributed by atoms with E-state index in [9.17, 15) is 13.2 Å². The second-order valence-corrected chi connectivity index (χ2v) is 2.82. The lowest BCUT2D eigenvalue weighted by molar-refractivity contribution is -0.154. The zero-order valence-corrected chi connectivity index (χ0v) is 7.80. The number of hydrogen-bond donors (Lipinski definition) is 3. The Kier molecular flexibility index (Phi) is 5.29. The first-order valence-corrected chi connectivity index (χ1v) is 4.18. The average Bonchev–Trinajstić information content (AvgIpc) is 2.09. The minimum absolute atomic E-state index is 0.368. The number of nitrogens with one attached hydrogen (secondary N) is 1. The Balaban J connectivity index is 4.28. The third-order valence-electron chi connectivity index (χ3n) is 1.64. The molecule has 0 aliphatic rings. The van der Waals surface area contributed by atoms with Gasteiger partial charge in [0.15, 0.2) is 5.84 Å². The molecule has 0 aliphatic carbocycles. The molecule has 0 heterocycles. The summed E-state index contributed by atoms with van der Waals surface area (Å²) in [5.74, 6) is -2.75. The van der Waals surface area contributed by atoms with Crippen molar-refractivity contribution in [1.29, 1.82) is 0 Å². The lowest BCUT2D eigenvalue weighted by Gasteiger charge is -2.18. The van der Waals surface area contributed by atoms with Gasteiger partial charge in [-0.25, -0.2) is 0 Å². The van der Waals surface area contributed by atoms with Gasteiger partial charge in [0, 0.05) is 6.54 Å². The summed E-state index contributed by atoms with van der Waals surface area (Å²) in [6, 6.07) is 0. The van der Waals surface area contributed by atoms with E-state index in [1.807, 2.05) is 6.92 Å². The minimum Gasteiger partial charge on any atom is -0.409 e. The summed E-state index contributed by atoms with van der Waals surface area (Å²) in [6.45, 7) is 1.93. The zero-order chi connectivity index (χ0) is 11.2. The Labute approximate surface area is 80.0 Å². The third kappa shape index (κ3) is 4.31. The number of oxime groups is 1. The molecule has 0 rings (SSSR count). The first kappa shape index (κ1) is 13.0. The normalized spacial score (nSPS) is 15.6. The predicted octanol–water partition coefficient (Wildman–Crippen LogP) is 0.911. The Morgan fingerprint density at radius 3 is 2.50 bits per heavy atom. The number of alkyl halides is 3. The van der Waals surface area contributed by atoms with E-state index in [1.165, 1.54) is 0 Å². The fourth-order valence-electron chi connectivity index (χ4n) is 0.881. The van der Waals surface area contributed by atoms with Gasteiger partial charge in [0.05, 0.1) is 0 Å². The first-order chi connectivity index (χ1) is 6.43. The van der Waals surface area contributed by atoms with Gasteiger partial charge in [-0.15, -0.1) is 0 Å². The van der Waals surface area contributed by atoms with E-state index in [4.69, 9.17) is 10.9 Å². The van der Waals surface area contributed by atoms with Gasteiger partial charge in [-0.05, 0) is 13.0 Å². The van der Waals surface area contributed by atoms with Crippen LogP contribution < -0.4 is 11.1 Å². The molecule has 0 spiro atoms. The number of nitrogens with two attached hydrogens (primary N) is 1. The highest BCUT2D eigenvalue weighted by atomic mass is 19.4. The topological polar surface area (TPSA) is 70.6 Å². The Morgan fingerprint density at radius 1 is 1.57 bits per heavy atom. The van der Waals surface area contributed by atoms with Gasteiger partial charge >= 0.3 is 6.18 Å². The SMILES string of the molecule is CCCNCC(C(N)=NO)C(F)(F)F. The molecule has 0 saturated carbocycles. The van der Waals surface area contributed by atoms with E-state index < -0.39 is 17.9 Å². The van der Waals surface area contributed by atoms with E-state index in [-0.39, 0.29) is 6.54 Å². The molecule has 4 nitrogen and oxygen atoms in total. The molecule has 1 atom stereocenters. The van der Waals surface area contributed by atoms with Crippen molar-refractivity contribution in [3.8, 4) is 0 Å². The molecule has 0 bridgehead atoms. The van der Waals surface area contributed by atoms with E-state index >= 15 is 0 Å². The fraction of sp³-hybridized carbons (Fsp3) is 0.857. The van der Waals surface area contributed by atoms with Crippen molar-refractivity contribution in [2.75, 3.05) is 13.1 Å². The summed E-state index contributed by atoms with van der Waals surface area (Å²) in [7, 11) is 0. The standard InChI is InChI=1S/C7H14F3N3O/c1-2-3-12-4-5(6(11)13-14)7(8,9)10/h5,12,14H,2-4H2,1H3,(H2,11,13). The van der Waals surface area contributed by atoms with Crippen LogP contribution in [0.1, 0.15) is 13.3 Å². The van der Waals surface area contributed by atoms with E-state index in [0.717, 1.165) is 6.42 Å². The molecular weight excluding hydrogens is 199 g/mol. The average molecular weight is 213 g/mol. The second kappa shape index (κ2) is 5.69. The summed E-state index contributed by atoms with van der Waals surface area (Å²) >= 11 is 0. The van der Waals surface area contributed by atoms with Crippen molar-refractivity contribution >= 4 is 5.84 Å². The van der Waals surface area contributed by atoms with Crippen LogP contribution in [0, 0.1) is 5.92 Å². The summed E-state index contributed by atoms with van der Waals surface area (Å²) in [5, 5.41) is 13.1. The Bertz CT molecular complexity index is 193. The van der Waals surface area contributed by atoms with Crippen LogP contribution in [0.5, 0.6) is 0 Å². The number of halogens is 3. The van der Waals surface area contributed by atoms with Crippen LogP contribution in [0.2, 0.25) is 0 Å². The third-order valence-corrected chi connectivity index (χ3v) is 1.64. The predicted molar refractivity (Wildman–Crippen MR) is 46.1 cm³/mol. The summed E-state index contributed by atoms with van der Waals surface area (Å²) in [6.07, 6.45) is -3.77. The summed E-state index contributed by atoms with van der Waals surface area (Å²) in [5.41, 5.74) is 4.93. The van der Waals surface area contributed by atoms with Crippen molar-refractivity contribution in [3.63, 3.8) is 0 Å². The quantitative estimate of drug-likeness (QED) is 0.209. The molecule has 84 valence electrons. The lowest BCUT2D eigenvalue weighted by Crippen LogP contribution is -2.42. The minimum atomic E-state index is -4.49. The zero-order valence-electron chi connectivity index (χ0n) is 7.80. The highest BCUT2D eigenvalue weighted by Gasteiger charge is 2.42. The smallest absolute Gasteiger partial charge is 0.400 e. The molecule has 0 aromatic heterocycles. The van der Waals surface area contributed by atoms with Gasteiger partial charge in [0.1, 0.15) is 5.92 Å². The number of rotatable bonds is 5. The van der Waals surface area contributed by atoms with E-state index in [1.54, 1.807) is 0 Å². The molecular formula is C7H14F3N3O. The highest BCUT2D eigenvalue weighted by molar-refractivity contribution is 5.83. The lowest BCUT2D eigenvalue weighted by atomic mass is 10.1. The molecule has 0 aromatic carbocycles. The van der Waals surface area contributed by atoms with Gasteiger partial charge in [0.25, 0.3) is 0 Å². The molecule has 0 radical (unpaired) electrons. The van der Waals surface area contributed by atoms with Crippen molar-refractivity contribution in [2.24, 2.45) is 16.8 Å². The summed E-state index contributed by atoms with van der Waals surface area (Å²) < 4.78 is 36.8. The van der Waals surface area contributed by atoms with Crippen LogP contribution in [-0.2, 0) is 0 Å². The van der Waals surface area contributed by atoms with Crippen molar-refractivity contribution < 1.29 is 18.4 Å². The number of amidine groups is 1. The van der Waals surface area contributed by atoms with Crippen LogP contribution in [0.3, 0.4) is 0 Å². The van der Waals surface area contributed by atoms with E-state index in [2.05, 4.69) is 10.5 Å². The molecule has 7 heteroatoms. The van der Waals surface area contributed by atoms with Gasteiger partial charge in [-0.3, -0.25) is 0 Å². The Hall–Kier alpha value is -0.980. The van der Waals surface area contributed by atoms with Gasteiger partial charge < -0.3 is 16.3 Å².